The molecular weight excluding hydrogens is 468 g/mol. The molecule has 0 spiro atoms. The van der Waals surface area contributed by atoms with Gasteiger partial charge in [-0.2, -0.15) is 0 Å². The molecule has 0 aromatic rings. The fourth-order valence-corrected chi connectivity index (χ4v) is 10.6. The van der Waals surface area contributed by atoms with Gasteiger partial charge in [-0.15, -0.1) is 11.6 Å². The molecule has 0 radical (unpaired) electrons. The summed E-state index contributed by atoms with van der Waals surface area (Å²) in [5, 5.41) is 0.268. The van der Waals surface area contributed by atoms with E-state index >= 15 is 0 Å². The quantitative estimate of drug-likeness (QED) is 0.234. The smallest absolute Gasteiger partial charge is 0.207 e. The lowest BCUT2D eigenvalue weighted by atomic mass is 9.47. The molecule has 3 heteroatoms. The van der Waals surface area contributed by atoms with E-state index in [1.807, 2.05) is 0 Å². The van der Waals surface area contributed by atoms with Crippen LogP contribution in [0.5, 0.6) is 0 Å². The first kappa shape index (κ1) is 28.1. The minimum atomic E-state index is -0.350. The maximum Gasteiger partial charge on any atom is 0.207 e. The molecule has 9 atom stereocenters. The van der Waals surface area contributed by atoms with Crippen molar-refractivity contribution in [3.63, 3.8) is 0 Å². The summed E-state index contributed by atoms with van der Waals surface area (Å²) in [6.07, 6.45) is 17.5. The second kappa shape index (κ2) is 11.0. The first-order chi connectivity index (χ1) is 16.5. The Balaban J connectivity index is 1.43. The third kappa shape index (κ3) is 5.46. The number of halogens is 1. The fourth-order valence-electron chi connectivity index (χ4n) is 9.25. The van der Waals surface area contributed by atoms with Crippen LogP contribution >= 0.6 is 23.4 Å². The van der Waals surface area contributed by atoms with E-state index in [1.54, 1.807) is 17.3 Å². The summed E-state index contributed by atoms with van der Waals surface area (Å²) in [5.74, 6) is 5.53. The molecule has 200 valence electrons. The maximum atomic E-state index is 12.7. The van der Waals surface area contributed by atoms with E-state index in [4.69, 9.17) is 11.6 Å². The Morgan fingerprint density at radius 2 is 1.77 bits per heavy atom. The van der Waals surface area contributed by atoms with Gasteiger partial charge in [0.1, 0.15) is 5.38 Å². The largest absolute Gasteiger partial charge is 0.286 e. The van der Waals surface area contributed by atoms with Gasteiger partial charge in [0.2, 0.25) is 5.12 Å². The zero-order valence-corrected chi connectivity index (χ0v) is 25.3. The van der Waals surface area contributed by atoms with Crippen molar-refractivity contribution in [2.75, 3.05) is 0 Å². The predicted octanol–water partition coefficient (Wildman–Crippen LogP) is 9.92. The number of alkyl halides is 1. The highest BCUT2D eigenvalue weighted by molar-refractivity contribution is 8.14. The molecule has 0 aromatic carbocycles. The predicted molar refractivity (Wildman–Crippen MR) is 154 cm³/mol. The second-order valence-electron chi connectivity index (χ2n) is 14.2. The highest BCUT2D eigenvalue weighted by Crippen LogP contribution is 2.67. The Kier molecular flexibility index (Phi) is 8.85. The van der Waals surface area contributed by atoms with Crippen LogP contribution < -0.4 is 0 Å². The van der Waals surface area contributed by atoms with E-state index in [2.05, 4.69) is 54.5 Å². The summed E-state index contributed by atoms with van der Waals surface area (Å²) < 4.78 is 0. The van der Waals surface area contributed by atoms with Gasteiger partial charge in [0, 0.05) is 5.25 Å². The van der Waals surface area contributed by atoms with E-state index in [0.717, 1.165) is 41.9 Å². The lowest BCUT2D eigenvalue weighted by molar-refractivity contribution is -0.111. The van der Waals surface area contributed by atoms with E-state index in [0.29, 0.717) is 16.1 Å². The number of fused-ring (bicyclic) bond motifs is 5. The minimum Gasteiger partial charge on any atom is -0.286 e. The van der Waals surface area contributed by atoms with Crippen LogP contribution in [0.25, 0.3) is 0 Å². The molecule has 0 unspecified atom stereocenters. The lowest BCUT2D eigenvalue weighted by Gasteiger charge is -2.58. The molecule has 35 heavy (non-hydrogen) atoms. The maximum absolute atomic E-state index is 12.7. The number of hydrogen-bond acceptors (Lipinski definition) is 2. The van der Waals surface area contributed by atoms with Gasteiger partial charge < -0.3 is 0 Å². The van der Waals surface area contributed by atoms with Crippen LogP contribution in [-0.2, 0) is 4.79 Å². The fraction of sp³-hybridized carbons (Fsp3) is 0.906. The topological polar surface area (TPSA) is 17.1 Å². The monoisotopic (exact) mass is 520 g/mol. The van der Waals surface area contributed by atoms with Gasteiger partial charge in [0.05, 0.1) is 0 Å². The van der Waals surface area contributed by atoms with E-state index in [-0.39, 0.29) is 16.4 Å². The third-order valence-corrected chi connectivity index (χ3v) is 13.4. The van der Waals surface area contributed by atoms with Crippen LogP contribution in [0.2, 0.25) is 0 Å². The molecular formula is C32H53ClOS. The Morgan fingerprint density at radius 1 is 1.03 bits per heavy atom. The number of allylic oxidation sites excluding steroid dienone is 2. The van der Waals surface area contributed by atoms with Crippen molar-refractivity contribution in [1.29, 1.82) is 0 Å². The summed E-state index contributed by atoms with van der Waals surface area (Å²) in [5.41, 5.74) is 2.61. The molecule has 0 bridgehead atoms. The Labute approximate surface area is 226 Å². The minimum absolute atomic E-state index is 0.192. The molecule has 3 saturated carbocycles. The van der Waals surface area contributed by atoms with Crippen molar-refractivity contribution in [3.8, 4) is 0 Å². The van der Waals surface area contributed by atoms with Crippen LogP contribution in [-0.4, -0.2) is 15.7 Å². The van der Waals surface area contributed by atoms with Gasteiger partial charge in [-0.05, 0) is 104 Å². The SMILES string of the molecule is CC(C)CCC[C@@H](C)[C@@H]1CC[C@@H]2[C@H]3CC=C4C[C@@H](SC(=O)[C@H](Cl)C(C)C)CC[C@]4(C)[C@@H]3CC[C@@]21C. The summed E-state index contributed by atoms with van der Waals surface area (Å²) >= 11 is 7.95. The molecule has 0 heterocycles. The van der Waals surface area contributed by atoms with Gasteiger partial charge in [-0.25, -0.2) is 0 Å². The summed E-state index contributed by atoms with van der Waals surface area (Å²) in [4.78, 5) is 12.7. The van der Waals surface area contributed by atoms with E-state index in [9.17, 15) is 4.79 Å². The molecule has 4 aliphatic carbocycles. The molecule has 0 aliphatic heterocycles. The molecule has 0 N–H and O–H groups in total. The molecule has 0 saturated heterocycles. The van der Waals surface area contributed by atoms with Crippen LogP contribution in [0.3, 0.4) is 0 Å². The van der Waals surface area contributed by atoms with Crippen molar-refractivity contribution in [3.05, 3.63) is 11.6 Å². The van der Waals surface area contributed by atoms with Crippen molar-refractivity contribution in [1.82, 2.24) is 0 Å². The van der Waals surface area contributed by atoms with Gasteiger partial charge in [-0.1, -0.05) is 91.1 Å². The average Bonchev–Trinajstić information content (AvgIpc) is 3.15. The number of carbonyl (C=O) groups excluding carboxylic acids is 1. The lowest BCUT2D eigenvalue weighted by Crippen LogP contribution is -2.50. The standard InChI is InChI=1S/C32H53ClOS/c1-20(2)9-8-10-22(5)26-13-14-27-25-12-11-23-19-24(35-30(34)29(33)21(3)4)15-17-31(23,6)28(25)16-18-32(26,27)7/h11,20-22,24-29H,8-10,12-19H2,1-7H3/t22-,24+,25-,26+,27-,28-,29-,31+,32-/m1/s1. The second-order valence-corrected chi connectivity index (χ2v) is 16.0. The number of thioether (sulfide) groups is 1. The molecule has 0 aromatic heterocycles. The van der Waals surface area contributed by atoms with E-state index < -0.39 is 0 Å². The number of carbonyl (C=O) groups is 1. The van der Waals surface area contributed by atoms with Gasteiger partial charge in [-0.3, -0.25) is 4.79 Å². The zero-order valence-electron chi connectivity index (χ0n) is 23.7. The molecule has 4 rings (SSSR count). The first-order valence-corrected chi connectivity index (χ1v) is 16.3. The number of rotatable bonds is 8. The van der Waals surface area contributed by atoms with Crippen LogP contribution in [0.15, 0.2) is 11.6 Å². The number of hydrogen-bond donors (Lipinski definition) is 0. The molecule has 1 nitrogen and oxygen atoms in total. The highest BCUT2D eigenvalue weighted by Gasteiger charge is 2.59. The van der Waals surface area contributed by atoms with Crippen molar-refractivity contribution >= 4 is 28.5 Å². The van der Waals surface area contributed by atoms with Crippen LogP contribution in [0, 0.1) is 52.3 Å². The van der Waals surface area contributed by atoms with Gasteiger partial charge in [0.15, 0.2) is 0 Å². The Bertz CT molecular complexity index is 788. The molecule has 4 aliphatic rings. The van der Waals surface area contributed by atoms with Gasteiger partial charge >= 0.3 is 0 Å². The van der Waals surface area contributed by atoms with Crippen molar-refractivity contribution < 1.29 is 4.79 Å². The van der Waals surface area contributed by atoms with Crippen molar-refractivity contribution in [2.45, 2.75) is 130 Å². The van der Waals surface area contributed by atoms with Crippen LogP contribution in [0.4, 0.5) is 0 Å². The molecule has 3 fully saturated rings. The normalized spacial score (nSPS) is 40.6. The third-order valence-electron chi connectivity index (χ3n) is 11.4. The van der Waals surface area contributed by atoms with E-state index in [1.165, 1.54) is 64.2 Å². The van der Waals surface area contributed by atoms with Crippen LogP contribution in [0.1, 0.15) is 119 Å². The zero-order chi connectivity index (χ0) is 25.5. The summed E-state index contributed by atoms with van der Waals surface area (Å²) in [6, 6.07) is 0. The summed E-state index contributed by atoms with van der Waals surface area (Å²) in [6.45, 7) is 16.7. The van der Waals surface area contributed by atoms with Gasteiger partial charge in [0.25, 0.3) is 0 Å². The first-order valence-electron chi connectivity index (χ1n) is 15.0. The van der Waals surface area contributed by atoms with Crippen molar-refractivity contribution in [2.24, 2.45) is 52.3 Å². The highest BCUT2D eigenvalue weighted by atomic mass is 35.5. The Morgan fingerprint density at radius 3 is 2.46 bits per heavy atom. The molecule has 0 amide bonds. The average molecular weight is 521 g/mol. The summed E-state index contributed by atoms with van der Waals surface area (Å²) in [7, 11) is 0. The Hall–Kier alpha value is 0.0500.